The third-order valence-corrected chi connectivity index (χ3v) is 2.76. The second-order valence-electron chi connectivity index (χ2n) is 3.76. The van der Waals surface area contributed by atoms with Gasteiger partial charge in [0.1, 0.15) is 0 Å². The van der Waals surface area contributed by atoms with Gasteiger partial charge < -0.3 is 15.0 Å². The zero-order valence-corrected chi connectivity index (χ0v) is 9.79. The van der Waals surface area contributed by atoms with Crippen molar-refractivity contribution in [3.05, 3.63) is 0 Å². The zero-order chi connectivity index (χ0) is 11.1. The third-order valence-electron chi connectivity index (χ3n) is 2.76. The average molecular weight is 214 g/mol. The molecule has 1 atom stereocenters. The quantitative estimate of drug-likeness (QED) is 0.659. The molecule has 1 aliphatic rings. The highest BCUT2D eigenvalue weighted by Gasteiger charge is 2.25. The van der Waals surface area contributed by atoms with Crippen molar-refractivity contribution in [3.63, 3.8) is 0 Å². The van der Waals surface area contributed by atoms with Gasteiger partial charge in [0.15, 0.2) is 0 Å². The molecule has 15 heavy (non-hydrogen) atoms. The second-order valence-corrected chi connectivity index (χ2v) is 3.76. The van der Waals surface area contributed by atoms with Gasteiger partial charge in [-0.15, -0.1) is 0 Å². The molecule has 0 aliphatic carbocycles. The fourth-order valence-electron chi connectivity index (χ4n) is 1.86. The molecular formula is C11H22N2O2. The first-order chi connectivity index (χ1) is 7.29. The van der Waals surface area contributed by atoms with Crippen molar-refractivity contribution in [1.82, 2.24) is 10.2 Å². The van der Waals surface area contributed by atoms with Gasteiger partial charge in [-0.2, -0.15) is 0 Å². The summed E-state index contributed by atoms with van der Waals surface area (Å²) >= 11 is 0. The Morgan fingerprint density at radius 3 is 2.87 bits per heavy atom. The van der Waals surface area contributed by atoms with Gasteiger partial charge in [-0.05, 0) is 33.2 Å². The number of hydrogen-bond donors (Lipinski definition) is 1. The molecule has 1 fully saturated rings. The van der Waals surface area contributed by atoms with Crippen LogP contribution in [0.5, 0.6) is 0 Å². The highest BCUT2D eigenvalue weighted by Crippen LogP contribution is 2.08. The minimum absolute atomic E-state index is 0.0478. The third kappa shape index (κ3) is 3.80. The molecule has 1 saturated heterocycles. The van der Waals surface area contributed by atoms with Gasteiger partial charge in [0.05, 0.1) is 12.6 Å². The number of amides is 1. The summed E-state index contributed by atoms with van der Waals surface area (Å²) in [6.07, 6.45) is 2.09. The van der Waals surface area contributed by atoms with Gasteiger partial charge in [-0.25, -0.2) is 0 Å². The molecule has 4 nitrogen and oxygen atoms in total. The maximum absolute atomic E-state index is 12.0. The first kappa shape index (κ1) is 12.5. The molecule has 0 saturated carbocycles. The van der Waals surface area contributed by atoms with E-state index in [4.69, 9.17) is 4.74 Å². The number of likely N-dealkylation sites (N-methyl/N-ethyl adjacent to an activating group) is 1. The van der Waals surface area contributed by atoms with Crippen molar-refractivity contribution < 1.29 is 9.53 Å². The van der Waals surface area contributed by atoms with Crippen LogP contribution in [0.15, 0.2) is 0 Å². The molecule has 0 aromatic rings. The molecule has 1 heterocycles. The van der Waals surface area contributed by atoms with Crippen molar-refractivity contribution in [1.29, 1.82) is 0 Å². The Morgan fingerprint density at radius 1 is 1.53 bits per heavy atom. The van der Waals surface area contributed by atoms with Crippen molar-refractivity contribution >= 4 is 5.91 Å². The molecule has 1 N–H and O–H groups in total. The minimum atomic E-state index is 0.0478. The number of ether oxygens (including phenoxy) is 1. The lowest BCUT2D eigenvalue weighted by Gasteiger charge is -2.24. The van der Waals surface area contributed by atoms with Gasteiger partial charge in [0, 0.05) is 19.7 Å². The van der Waals surface area contributed by atoms with Crippen molar-refractivity contribution in [3.8, 4) is 0 Å². The Hall–Kier alpha value is -0.610. The van der Waals surface area contributed by atoms with Crippen molar-refractivity contribution in [2.45, 2.75) is 32.7 Å². The van der Waals surface area contributed by atoms with Gasteiger partial charge >= 0.3 is 0 Å². The lowest BCUT2D eigenvalue weighted by molar-refractivity contribution is -0.133. The predicted octanol–water partition coefficient (Wildman–Crippen LogP) is 0.623. The Balaban J connectivity index is 2.32. The molecular weight excluding hydrogens is 192 g/mol. The summed E-state index contributed by atoms with van der Waals surface area (Å²) in [7, 11) is 0. The zero-order valence-electron chi connectivity index (χ0n) is 9.79. The van der Waals surface area contributed by atoms with Gasteiger partial charge in [0.2, 0.25) is 5.91 Å². The lowest BCUT2D eigenvalue weighted by Crippen LogP contribution is -2.44. The highest BCUT2D eigenvalue weighted by molar-refractivity contribution is 5.82. The molecule has 1 aliphatic heterocycles. The maximum atomic E-state index is 12.0. The van der Waals surface area contributed by atoms with Crippen molar-refractivity contribution in [2.75, 3.05) is 32.8 Å². The first-order valence-electron chi connectivity index (χ1n) is 5.89. The maximum Gasteiger partial charge on any atom is 0.239 e. The molecule has 0 radical (unpaired) electrons. The number of carbonyl (C=O) groups is 1. The van der Waals surface area contributed by atoms with Crippen LogP contribution in [0, 0.1) is 0 Å². The molecule has 0 aromatic heterocycles. The highest BCUT2D eigenvalue weighted by atomic mass is 16.5. The van der Waals surface area contributed by atoms with E-state index in [0.717, 1.165) is 25.9 Å². The second kappa shape index (κ2) is 6.80. The summed E-state index contributed by atoms with van der Waals surface area (Å²) < 4.78 is 5.26. The van der Waals surface area contributed by atoms with Crippen LogP contribution in [0.25, 0.3) is 0 Å². The van der Waals surface area contributed by atoms with Crippen LogP contribution < -0.4 is 5.32 Å². The van der Waals surface area contributed by atoms with E-state index in [1.807, 2.05) is 18.7 Å². The van der Waals surface area contributed by atoms with E-state index in [1.165, 1.54) is 0 Å². The van der Waals surface area contributed by atoms with Crippen LogP contribution in [0.1, 0.15) is 26.7 Å². The molecule has 88 valence electrons. The van der Waals surface area contributed by atoms with Gasteiger partial charge in [-0.3, -0.25) is 4.79 Å². The van der Waals surface area contributed by atoms with E-state index >= 15 is 0 Å². The smallest absolute Gasteiger partial charge is 0.239 e. The predicted molar refractivity (Wildman–Crippen MR) is 59.8 cm³/mol. The van der Waals surface area contributed by atoms with E-state index in [9.17, 15) is 4.79 Å². The van der Waals surface area contributed by atoms with Crippen LogP contribution in [-0.4, -0.2) is 49.7 Å². The van der Waals surface area contributed by atoms with Crippen LogP contribution in [0.2, 0.25) is 0 Å². The van der Waals surface area contributed by atoms with Gasteiger partial charge in [0.25, 0.3) is 0 Å². The standard InChI is InChI=1S/C11H22N2O2/c1-3-13(8-9-15-4-2)11(14)10-6-5-7-12-10/h10,12H,3-9H2,1-2H3/t10-/m1/s1. The van der Waals surface area contributed by atoms with E-state index in [-0.39, 0.29) is 11.9 Å². The van der Waals surface area contributed by atoms with Crippen molar-refractivity contribution in [2.24, 2.45) is 0 Å². The molecule has 0 unspecified atom stereocenters. The fourth-order valence-corrected chi connectivity index (χ4v) is 1.86. The normalized spacial score (nSPS) is 20.5. The minimum Gasteiger partial charge on any atom is -0.380 e. The summed E-state index contributed by atoms with van der Waals surface area (Å²) in [5.41, 5.74) is 0. The van der Waals surface area contributed by atoms with E-state index in [1.54, 1.807) is 0 Å². The number of carbonyl (C=O) groups excluding carboxylic acids is 1. The molecule has 4 heteroatoms. The fraction of sp³-hybridized carbons (Fsp3) is 0.909. The Bertz CT molecular complexity index is 191. The molecule has 0 aromatic carbocycles. The number of hydrogen-bond acceptors (Lipinski definition) is 3. The summed E-state index contributed by atoms with van der Waals surface area (Å²) in [6, 6.07) is 0.0478. The first-order valence-corrected chi connectivity index (χ1v) is 5.89. The van der Waals surface area contributed by atoms with Gasteiger partial charge in [-0.1, -0.05) is 0 Å². The SMILES string of the molecule is CCOCCN(CC)C(=O)[C@H]1CCCN1. The van der Waals surface area contributed by atoms with Crippen LogP contribution in [-0.2, 0) is 9.53 Å². The van der Waals surface area contributed by atoms with Crippen LogP contribution >= 0.6 is 0 Å². The largest absolute Gasteiger partial charge is 0.380 e. The Labute approximate surface area is 92.0 Å². The molecule has 0 bridgehead atoms. The van der Waals surface area contributed by atoms with Crippen LogP contribution in [0.3, 0.4) is 0 Å². The summed E-state index contributed by atoms with van der Waals surface area (Å²) in [5.74, 6) is 0.231. The molecule has 1 amide bonds. The van der Waals surface area contributed by atoms with E-state index < -0.39 is 0 Å². The average Bonchev–Trinajstić information content (AvgIpc) is 2.77. The van der Waals surface area contributed by atoms with Crippen LogP contribution in [0.4, 0.5) is 0 Å². The molecule has 1 rings (SSSR count). The number of rotatable bonds is 6. The van der Waals surface area contributed by atoms with E-state index in [2.05, 4.69) is 5.32 Å². The molecule has 0 spiro atoms. The summed E-state index contributed by atoms with van der Waals surface area (Å²) in [4.78, 5) is 13.9. The summed E-state index contributed by atoms with van der Waals surface area (Å²) in [5, 5.41) is 3.23. The number of nitrogens with zero attached hydrogens (tertiary/aromatic N) is 1. The van der Waals surface area contributed by atoms with E-state index in [0.29, 0.717) is 19.8 Å². The lowest BCUT2D eigenvalue weighted by atomic mass is 10.2. The topological polar surface area (TPSA) is 41.6 Å². The monoisotopic (exact) mass is 214 g/mol. The number of nitrogens with one attached hydrogen (secondary N) is 1. The Kier molecular flexibility index (Phi) is 5.65. The summed E-state index contributed by atoms with van der Waals surface area (Å²) in [6.45, 7) is 7.79. The Morgan fingerprint density at radius 2 is 2.33 bits per heavy atom.